The molecule has 0 radical (unpaired) electrons. The van der Waals surface area contributed by atoms with Crippen LogP contribution in [-0.4, -0.2) is 79.0 Å². The molecule has 0 bridgehead atoms. The van der Waals surface area contributed by atoms with Crippen molar-refractivity contribution in [2.75, 3.05) is 19.8 Å². The van der Waals surface area contributed by atoms with Gasteiger partial charge in [0, 0.05) is 25.0 Å². The lowest BCUT2D eigenvalue weighted by atomic mass is 9.89. The van der Waals surface area contributed by atoms with Crippen LogP contribution < -0.4 is 5.32 Å². The molecule has 3 saturated heterocycles. The van der Waals surface area contributed by atoms with E-state index in [9.17, 15) is 14.7 Å². The van der Waals surface area contributed by atoms with Crippen LogP contribution >= 0.6 is 0 Å². The molecule has 4 heterocycles. The van der Waals surface area contributed by atoms with Crippen molar-refractivity contribution in [2.24, 2.45) is 0 Å². The summed E-state index contributed by atoms with van der Waals surface area (Å²) >= 11 is 0. The Morgan fingerprint density at radius 2 is 1.58 bits per heavy atom. The fourth-order valence-corrected chi connectivity index (χ4v) is 7.55. The Hall–Kier alpha value is -3.32. The van der Waals surface area contributed by atoms with Gasteiger partial charge in [-0.3, -0.25) is 4.79 Å². The minimum Gasteiger partial charge on any atom is -0.460 e. The molecule has 6 unspecified atom stereocenters. The van der Waals surface area contributed by atoms with Crippen molar-refractivity contribution >= 4 is 22.8 Å². The first-order valence-electron chi connectivity index (χ1n) is 19.0. The SMILES string of the molecule is CCCCc1oc2c(CCCC)cc(CC(C(=O)NCCCO)c3ccccc3)cc2c1C(=O)OCC1OC2OC(C)(C)OC2C2OC(C)(C)OC12. The third kappa shape index (κ3) is 8.56. The summed E-state index contributed by atoms with van der Waals surface area (Å²) in [5.41, 5.74) is 3.91. The molecule has 2 aromatic carbocycles. The number of carbonyl (C=O) groups excluding carboxylic acids is 2. The predicted molar refractivity (Wildman–Crippen MR) is 194 cm³/mol. The Morgan fingerprint density at radius 1 is 0.885 bits per heavy atom. The van der Waals surface area contributed by atoms with Gasteiger partial charge in [-0.25, -0.2) is 4.79 Å². The van der Waals surface area contributed by atoms with E-state index in [0.29, 0.717) is 48.1 Å². The van der Waals surface area contributed by atoms with Crippen LogP contribution in [0.5, 0.6) is 0 Å². The number of carbonyl (C=O) groups is 2. The van der Waals surface area contributed by atoms with E-state index in [-0.39, 0.29) is 19.1 Å². The van der Waals surface area contributed by atoms with Crippen LogP contribution in [0.15, 0.2) is 46.9 Å². The number of amides is 1. The van der Waals surface area contributed by atoms with Crippen LogP contribution in [0.2, 0.25) is 0 Å². The van der Waals surface area contributed by atoms with Crippen molar-refractivity contribution in [1.82, 2.24) is 5.32 Å². The summed E-state index contributed by atoms with van der Waals surface area (Å²) in [6.07, 6.45) is 3.11. The zero-order chi connectivity index (χ0) is 37.0. The summed E-state index contributed by atoms with van der Waals surface area (Å²) in [6, 6.07) is 13.8. The minimum absolute atomic E-state index is 0.00182. The molecule has 3 aliphatic heterocycles. The third-order valence-electron chi connectivity index (χ3n) is 9.98. The smallest absolute Gasteiger partial charge is 0.342 e. The highest BCUT2D eigenvalue weighted by Gasteiger charge is 2.61. The number of aliphatic hydroxyl groups is 1. The second kappa shape index (κ2) is 16.4. The zero-order valence-electron chi connectivity index (χ0n) is 31.4. The fourth-order valence-electron chi connectivity index (χ4n) is 7.55. The van der Waals surface area contributed by atoms with Gasteiger partial charge in [0.25, 0.3) is 0 Å². The highest BCUT2D eigenvalue weighted by molar-refractivity contribution is 6.05. The Labute approximate surface area is 306 Å². The lowest BCUT2D eigenvalue weighted by Gasteiger charge is -2.36. The molecule has 0 saturated carbocycles. The number of nitrogens with one attached hydrogen (secondary N) is 1. The topological polar surface area (TPSA) is 135 Å². The summed E-state index contributed by atoms with van der Waals surface area (Å²) in [4.78, 5) is 27.8. The minimum atomic E-state index is -0.876. The van der Waals surface area contributed by atoms with Crippen LogP contribution in [-0.2, 0) is 52.5 Å². The van der Waals surface area contributed by atoms with Crippen molar-refractivity contribution in [2.45, 2.75) is 141 Å². The van der Waals surface area contributed by atoms with Crippen molar-refractivity contribution < 1.29 is 47.5 Å². The van der Waals surface area contributed by atoms with Crippen LogP contribution in [0, 0.1) is 0 Å². The molecule has 0 aliphatic carbocycles. The van der Waals surface area contributed by atoms with Gasteiger partial charge in [0.05, 0.1) is 5.92 Å². The Kier molecular flexibility index (Phi) is 12.1. The van der Waals surface area contributed by atoms with Gasteiger partial charge in [0.2, 0.25) is 5.91 Å². The number of hydrogen-bond acceptors (Lipinski definition) is 10. The van der Waals surface area contributed by atoms with Crippen molar-refractivity contribution in [3.8, 4) is 0 Å². The normalized spacial score (nSPS) is 25.1. The highest BCUT2D eigenvalue weighted by Crippen LogP contribution is 2.44. The van der Waals surface area contributed by atoms with Crippen LogP contribution in [0.1, 0.15) is 112 Å². The molecule has 6 rings (SSSR count). The van der Waals surface area contributed by atoms with E-state index in [4.69, 9.17) is 32.8 Å². The molecule has 0 spiro atoms. The summed E-state index contributed by atoms with van der Waals surface area (Å²) in [5, 5.41) is 13.0. The summed E-state index contributed by atoms with van der Waals surface area (Å²) in [6.45, 7) is 11.9. The second-order valence-electron chi connectivity index (χ2n) is 15.1. The molecule has 3 aromatic rings. The Balaban J connectivity index is 1.32. The average Bonchev–Trinajstić information content (AvgIpc) is 3.76. The average molecular weight is 722 g/mol. The monoisotopic (exact) mass is 721 g/mol. The molecule has 2 N–H and O–H groups in total. The maximum atomic E-state index is 14.3. The highest BCUT2D eigenvalue weighted by atomic mass is 16.9. The summed E-state index contributed by atoms with van der Waals surface area (Å²) in [5.74, 6) is -2.23. The lowest BCUT2D eigenvalue weighted by Crippen LogP contribution is -2.56. The number of ether oxygens (including phenoxy) is 6. The van der Waals surface area contributed by atoms with E-state index in [1.807, 2.05) is 64.1 Å². The number of unbranched alkanes of at least 4 members (excludes halogenated alkanes) is 2. The maximum absolute atomic E-state index is 14.3. The molecule has 6 atom stereocenters. The maximum Gasteiger partial charge on any atom is 0.342 e. The third-order valence-corrected chi connectivity index (χ3v) is 9.98. The zero-order valence-corrected chi connectivity index (χ0v) is 31.4. The number of benzene rings is 2. The first-order valence-corrected chi connectivity index (χ1v) is 19.0. The number of rotatable bonds is 16. The summed E-state index contributed by atoms with van der Waals surface area (Å²) < 4.78 is 43.7. The van der Waals surface area contributed by atoms with E-state index in [1.54, 1.807) is 0 Å². The van der Waals surface area contributed by atoms with E-state index in [1.165, 1.54) is 0 Å². The van der Waals surface area contributed by atoms with Gasteiger partial charge >= 0.3 is 5.97 Å². The van der Waals surface area contributed by atoms with Crippen LogP contribution in [0.3, 0.4) is 0 Å². The van der Waals surface area contributed by atoms with Crippen molar-refractivity contribution in [3.63, 3.8) is 0 Å². The quantitative estimate of drug-likeness (QED) is 0.125. The van der Waals surface area contributed by atoms with Gasteiger partial charge in [-0.05, 0) is 82.6 Å². The number of aryl methyl sites for hydroxylation is 2. The molecule has 52 heavy (non-hydrogen) atoms. The van der Waals surface area contributed by atoms with Gasteiger partial charge in [-0.2, -0.15) is 0 Å². The summed E-state index contributed by atoms with van der Waals surface area (Å²) in [7, 11) is 0. The predicted octanol–water partition coefficient (Wildman–Crippen LogP) is 6.50. The number of esters is 1. The lowest BCUT2D eigenvalue weighted by molar-refractivity contribution is -0.240. The van der Waals surface area contributed by atoms with Gasteiger partial charge in [0.15, 0.2) is 17.9 Å². The molecular weight excluding hydrogens is 666 g/mol. The van der Waals surface area contributed by atoms with E-state index >= 15 is 0 Å². The molecule has 11 nitrogen and oxygen atoms in total. The molecule has 11 heteroatoms. The van der Waals surface area contributed by atoms with E-state index in [0.717, 1.165) is 48.8 Å². The van der Waals surface area contributed by atoms with E-state index < -0.39 is 54.2 Å². The van der Waals surface area contributed by atoms with Crippen LogP contribution in [0.25, 0.3) is 11.0 Å². The van der Waals surface area contributed by atoms with Crippen LogP contribution in [0.4, 0.5) is 0 Å². The van der Waals surface area contributed by atoms with Gasteiger partial charge in [-0.15, -0.1) is 0 Å². The largest absolute Gasteiger partial charge is 0.460 e. The number of furan rings is 1. The molecule has 1 aromatic heterocycles. The number of aliphatic hydroxyl groups excluding tert-OH is 1. The number of fused-ring (bicyclic) bond motifs is 4. The Morgan fingerprint density at radius 3 is 2.31 bits per heavy atom. The van der Waals surface area contributed by atoms with E-state index in [2.05, 4.69) is 25.2 Å². The standard InChI is InChI=1S/C41H55NO10/c1-7-9-15-27-21-25(22-28(26-16-12-11-13-17-26)37(44)42-19-14-20-43)23-29-32(30(18-10-8-2)47-33(27)29)38(45)46-24-31-34-35(50-40(3,4)49-34)36-39(48-31)52-41(5,6)51-36/h11-13,16-17,21,23,28,31,34-36,39,43H,7-10,14-15,18-20,22,24H2,1-6H3,(H,42,44). The molecule has 3 fully saturated rings. The van der Waals surface area contributed by atoms with Gasteiger partial charge in [-0.1, -0.05) is 63.1 Å². The first kappa shape index (κ1) is 38.4. The molecule has 3 aliphatic rings. The molecule has 1 amide bonds. The first-order chi connectivity index (χ1) is 24.9. The van der Waals surface area contributed by atoms with Gasteiger partial charge in [0.1, 0.15) is 47.9 Å². The molecular formula is C41H55NO10. The van der Waals surface area contributed by atoms with Crippen molar-refractivity contribution in [1.29, 1.82) is 0 Å². The second-order valence-corrected chi connectivity index (χ2v) is 15.1. The van der Waals surface area contributed by atoms with Crippen molar-refractivity contribution in [3.05, 3.63) is 70.5 Å². The molecule has 284 valence electrons. The van der Waals surface area contributed by atoms with Gasteiger partial charge < -0.3 is 43.3 Å². The Bertz CT molecular complexity index is 1680. The number of hydrogen-bond donors (Lipinski definition) is 2. The fraction of sp³-hybridized carbons (Fsp3) is 0.610.